The van der Waals surface area contributed by atoms with E-state index in [0.29, 0.717) is 15.1 Å². The summed E-state index contributed by atoms with van der Waals surface area (Å²) in [5.74, 6) is -0.376. The molecule has 3 aromatic rings. The third-order valence-electron chi connectivity index (χ3n) is 3.38. The third-order valence-corrected chi connectivity index (χ3v) is 5.06. The normalized spacial score (nSPS) is 12.6. The molecule has 0 fully saturated rings. The second-order valence-corrected chi connectivity index (χ2v) is 6.45. The molecular weight excluding hydrogens is 374 g/mol. The molecule has 3 aromatic carbocycles. The van der Waals surface area contributed by atoms with Gasteiger partial charge in [-0.2, -0.15) is 0 Å². The summed E-state index contributed by atoms with van der Waals surface area (Å²) in [5, 5.41) is 2.06. The van der Waals surface area contributed by atoms with E-state index in [1.165, 1.54) is 6.07 Å². The zero-order valence-corrected chi connectivity index (χ0v) is 13.9. The van der Waals surface area contributed by atoms with Gasteiger partial charge in [0.25, 0.3) is 0 Å². The molecule has 4 heteroatoms. The summed E-state index contributed by atoms with van der Waals surface area (Å²) in [7, 11) is 0. The Morgan fingerprint density at radius 1 is 0.952 bits per heavy atom. The summed E-state index contributed by atoms with van der Waals surface area (Å²) in [6.45, 7) is 0. The molecule has 0 aliphatic heterocycles. The number of fused-ring (bicyclic) bond motifs is 1. The summed E-state index contributed by atoms with van der Waals surface area (Å²) in [6, 6.07) is 16.8. The minimum absolute atomic E-state index is 0.375. The number of benzene rings is 3. The van der Waals surface area contributed by atoms with E-state index in [4.69, 9.17) is 23.2 Å². The maximum Gasteiger partial charge on any atom is 0.129 e. The molecule has 0 heterocycles. The largest absolute Gasteiger partial charge is 0.207 e. The highest BCUT2D eigenvalue weighted by Crippen LogP contribution is 2.36. The van der Waals surface area contributed by atoms with Crippen molar-refractivity contribution in [2.75, 3.05) is 0 Å². The first-order valence-electron chi connectivity index (χ1n) is 6.33. The molecule has 21 heavy (non-hydrogen) atoms. The molecule has 0 N–H and O–H groups in total. The molecule has 0 spiro atoms. The van der Waals surface area contributed by atoms with Crippen molar-refractivity contribution in [1.29, 1.82) is 0 Å². The SMILES string of the molecule is Fc1cc(Br)c(Cl)cc1C(Cl)c1ccc2ccccc2c1. The highest BCUT2D eigenvalue weighted by molar-refractivity contribution is 9.10. The Balaban J connectivity index is 2.07. The zero-order valence-electron chi connectivity index (χ0n) is 10.8. The molecule has 0 saturated carbocycles. The Kier molecular flexibility index (Phi) is 4.21. The van der Waals surface area contributed by atoms with E-state index in [0.717, 1.165) is 16.3 Å². The molecule has 0 bridgehead atoms. The first-order valence-corrected chi connectivity index (χ1v) is 7.94. The molecule has 0 aromatic heterocycles. The first kappa shape index (κ1) is 14.8. The lowest BCUT2D eigenvalue weighted by Crippen LogP contribution is -1.97. The fourth-order valence-electron chi connectivity index (χ4n) is 2.28. The van der Waals surface area contributed by atoms with E-state index in [1.807, 2.05) is 42.5 Å². The Labute approximate surface area is 140 Å². The average Bonchev–Trinajstić information content (AvgIpc) is 2.50. The Bertz CT molecular complexity index is 817. The number of hydrogen-bond acceptors (Lipinski definition) is 0. The lowest BCUT2D eigenvalue weighted by atomic mass is 10.0. The third kappa shape index (κ3) is 2.94. The monoisotopic (exact) mass is 382 g/mol. The van der Waals surface area contributed by atoms with Gasteiger partial charge in [-0.15, -0.1) is 11.6 Å². The lowest BCUT2D eigenvalue weighted by molar-refractivity contribution is 0.611. The second kappa shape index (κ2) is 5.96. The van der Waals surface area contributed by atoms with Crippen LogP contribution in [0, 0.1) is 5.82 Å². The summed E-state index contributed by atoms with van der Waals surface area (Å²) in [6.07, 6.45) is 0. The van der Waals surface area contributed by atoms with Gasteiger partial charge in [-0.05, 0) is 50.5 Å². The van der Waals surface area contributed by atoms with Crippen LogP contribution in [0.4, 0.5) is 4.39 Å². The van der Waals surface area contributed by atoms with Gasteiger partial charge in [-0.3, -0.25) is 0 Å². The summed E-state index contributed by atoms with van der Waals surface area (Å²) in [5.41, 5.74) is 1.22. The maximum absolute atomic E-state index is 14.1. The summed E-state index contributed by atoms with van der Waals surface area (Å²) in [4.78, 5) is 0. The van der Waals surface area contributed by atoms with E-state index in [1.54, 1.807) is 6.07 Å². The molecule has 1 atom stereocenters. The predicted molar refractivity (Wildman–Crippen MR) is 90.8 cm³/mol. The van der Waals surface area contributed by atoms with Crippen LogP contribution >= 0.6 is 39.1 Å². The van der Waals surface area contributed by atoms with Gasteiger partial charge in [-0.25, -0.2) is 4.39 Å². The van der Waals surface area contributed by atoms with Gasteiger partial charge in [0.1, 0.15) is 5.82 Å². The number of halogens is 4. The van der Waals surface area contributed by atoms with Crippen molar-refractivity contribution in [1.82, 2.24) is 0 Å². The number of hydrogen-bond donors (Lipinski definition) is 0. The highest BCUT2D eigenvalue weighted by atomic mass is 79.9. The molecule has 0 aliphatic rings. The molecule has 0 radical (unpaired) electrons. The van der Waals surface area contributed by atoms with Crippen LogP contribution in [0.2, 0.25) is 5.02 Å². The fourth-order valence-corrected chi connectivity index (χ4v) is 3.07. The van der Waals surface area contributed by atoms with Crippen molar-refractivity contribution in [3.63, 3.8) is 0 Å². The lowest BCUT2D eigenvalue weighted by Gasteiger charge is -2.13. The van der Waals surface area contributed by atoms with Crippen molar-refractivity contribution in [3.05, 3.63) is 81.0 Å². The van der Waals surface area contributed by atoms with Gasteiger partial charge in [0.05, 0.1) is 10.4 Å². The van der Waals surface area contributed by atoms with Gasteiger partial charge >= 0.3 is 0 Å². The second-order valence-electron chi connectivity index (χ2n) is 4.76. The Morgan fingerprint density at radius 3 is 2.43 bits per heavy atom. The van der Waals surface area contributed by atoms with Crippen molar-refractivity contribution >= 4 is 49.9 Å². The Hall–Kier alpha value is -1.09. The van der Waals surface area contributed by atoms with Crippen LogP contribution in [0.1, 0.15) is 16.5 Å². The van der Waals surface area contributed by atoms with Crippen LogP contribution < -0.4 is 0 Å². The Morgan fingerprint density at radius 2 is 1.67 bits per heavy atom. The van der Waals surface area contributed by atoms with Crippen LogP contribution in [-0.4, -0.2) is 0 Å². The van der Waals surface area contributed by atoms with Crippen molar-refractivity contribution in [3.8, 4) is 0 Å². The minimum Gasteiger partial charge on any atom is -0.207 e. The summed E-state index contributed by atoms with van der Waals surface area (Å²) >= 11 is 15.7. The molecular formula is C17H10BrCl2F. The molecule has 1 unspecified atom stereocenters. The van der Waals surface area contributed by atoms with Gasteiger partial charge < -0.3 is 0 Å². The first-order chi connectivity index (χ1) is 10.1. The molecule has 106 valence electrons. The van der Waals surface area contributed by atoms with Crippen LogP contribution in [0.3, 0.4) is 0 Å². The topological polar surface area (TPSA) is 0 Å². The van der Waals surface area contributed by atoms with Crippen molar-refractivity contribution in [2.24, 2.45) is 0 Å². The van der Waals surface area contributed by atoms with Gasteiger partial charge in [0, 0.05) is 10.0 Å². The molecule has 3 rings (SSSR count). The van der Waals surface area contributed by atoms with E-state index < -0.39 is 5.38 Å². The van der Waals surface area contributed by atoms with Gasteiger partial charge in [-0.1, -0.05) is 48.0 Å². The highest BCUT2D eigenvalue weighted by Gasteiger charge is 2.17. The van der Waals surface area contributed by atoms with E-state index >= 15 is 0 Å². The van der Waals surface area contributed by atoms with Gasteiger partial charge in [0.15, 0.2) is 0 Å². The number of rotatable bonds is 2. The molecule has 0 saturated heterocycles. The zero-order chi connectivity index (χ0) is 15.0. The standard InChI is InChI=1S/C17H10BrCl2F/c18-14-9-16(21)13(8-15(14)19)17(20)12-6-5-10-3-1-2-4-11(10)7-12/h1-9,17H. The van der Waals surface area contributed by atoms with Crippen LogP contribution in [0.25, 0.3) is 10.8 Å². The maximum atomic E-state index is 14.1. The molecule has 0 nitrogen and oxygen atoms in total. The summed E-state index contributed by atoms with van der Waals surface area (Å²) < 4.78 is 14.6. The predicted octanol–water partition coefficient (Wildman–Crippen LogP) is 6.72. The van der Waals surface area contributed by atoms with Crippen LogP contribution in [0.15, 0.2) is 59.1 Å². The smallest absolute Gasteiger partial charge is 0.129 e. The fraction of sp³-hybridized carbons (Fsp3) is 0.0588. The quantitative estimate of drug-likeness (QED) is 0.340. The van der Waals surface area contributed by atoms with E-state index in [-0.39, 0.29) is 5.82 Å². The van der Waals surface area contributed by atoms with Crippen molar-refractivity contribution in [2.45, 2.75) is 5.38 Å². The average molecular weight is 384 g/mol. The molecule has 0 aliphatic carbocycles. The number of alkyl halides is 1. The van der Waals surface area contributed by atoms with Crippen molar-refractivity contribution < 1.29 is 4.39 Å². The van der Waals surface area contributed by atoms with E-state index in [9.17, 15) is 4.39 Å². The van der Waals surface area contributed by atoms with E-state index in [2.05, 4.69) is 15.9 Å². The molecule has 0 amide bonds. The van der Waals surface area contributed by atoms with Crippen LogP contribution in [-0.2, 0) is 0 Å². The van der Waals surface area contributed by atoms with Gasteiger partial charge in [0.2, 0.25) is 0 Å². The minimum atomic E-state index is -0.583. The van der Waals surface area contributed by atoms with Crippen LogP contribution in [0.5, 0.6) is 0 Å².